The van der Waals surface area contributed by atoms with E-state index < -0.39 is 5.82 Å². The second kappa shape index (κ2) is 6.85. The largest absolute Gasteiger partial charge is 0.319 e. The highest BCUT2D eigenvalue weighted by molar-refractivity contribution is 7.12. The van der Waals surface area contributed by atoms with Crippen LogP contribution in [0.2, 0.25) is 0 Å². The monoisotopic (exact) mass is 365 g/mol. The molecule has 128 valence electrons. The van der Waals surface area contributed by atoms with Crippen LogP contribution in [0.3, 0.4) is 0 Å². The maximum atomic E-state index is 14.2. The molecule has 4 rings (SSSR count). The van der Waals surface area contributed by atoms with Crippen molar-refractivity contribution in [2.45, 2.75) is 0 Å². The molecule has 1 amide bonds. The van der Waals surface area contributed by atoms with Gasteiger partial charge in [-0.1, -0.05) is 30.3 Å². The van der Waals surface area contributed by atoms with Crippen LogP contribution in [-0.4, -0.2) is 26.1 Å². The lowest BCUT2D eigenvalue weighted by molar-refractivity contribution is 0.103. The molecule has 8 heteroatoms. The van der Waals surface area contributed by atoms with Crippen LogP contribution in [0.25, 0.3) is 16.8 Å². The number of halogens is 1. The van der Waals surface area contributed by atoms with E-state index in [-0.39, 0.29) is 11.6 Å². The van der Waals surface area contributed by atoms with Gasteiger partial charge in [-0.25, -0.2) is 9.07 Å². The molecule has 26 heavy (non-hydrogen) atoms. The summed E-state index contributed by atoms with van der Waals surface area (Å²) in [6.07, 6.45) is 1.39. The number of carbonyl (C=O) groups excluding carboxylic acids is 1. The van der Waals surface area contributed by atoms with Crippen LogP contribution in [0, 0.1) is 5.82 Å². The molecule has 0 aliphatic carbocycles. The van der Waals surface area contributed by atoms with Crippen LogP contribution in [0.5, 0.6) is 0 Å². The first-order chi connectivity index (χ1) is 12.7. The topological polar surface area (TPSA) is 72.7 Å². The smallest absolute Gasteiger partial charge is 0.266 e. The summed E-state index contributed by atoms with van der Waals surface area (Å²) in [5, 5.41) is 15.3. The van der Waals surface area contributed by atoms with E-state index in [0.29, 0.717) is 10.6 Å². The molecule has 0 saturated heterocycles. The highest BCUT2D eigenvalue weighted by Crippen LogP contribution is 2.29. The van der Waals surface area contributed by atoms with Crippen LogP contribution in [-0.2, 0) is 0 Å². The van der Waals surface area contributed by atoms with Crippen molar-refractivity contribution in [2.75, 3.05) is 5.32 Å². The van der Waals surface area contributed by atoms with Gasteiger partial charge >= 0.3 is 0 Å². The molecule has 0 fully saturated rings. The molecule has 0 saturated carbocycles. The maximum absolute atomic E-state index is 14.2. The Morgan fingerprint density at radius 1 is 1.12 bits per heavy atom. The summed E-state index contributed by atoms with van der Waals surface area (Å²) < 4.78 is 15.5. The molecule has 0 spiro atoms. The molecule has 2 heterocycles. The molecule has 0 aliphatic rings. The number of thiophene rings is 1. The number of nitrogens with zero attached hydrogens (tertiary/aromatic N) is 4. The lowest BCUT2D eigenvalue weighted by atomic mass is 10.1. The number of tetrazole rings is 1. The molecule has 0 bridgehead atoms. The minimum Gasteiger partial charge on any atom is -0.319 e. The third-order valence-electron chi connectivity index (χ3n) is 3.77. The summed E-state index contributed by atoms with van der Waals surface area (Å²) in [5.41, 5.74) is 2.35. The second-order valence-electron chi connectivity index (χ2n) is 5.40. The first-order valence-electron chi connectivity index (χ1n) is 7.69. The summed E-state index contributed by atoms with van der Waals surface area (Å²) in [6, 6.07) is 15.7. The van der Waals surface area contributed by atoms with Crippen LogP contribution >= 0.6 is 11.3 Å². The number of aromatic nitrogens is 4. The molecular formula is C18H12FN5OS. The van der Waals surface area contributed by atoms with E-state index in [4.69, 9.17) is 0 Å². The normalized spacial score (nSPS) is 10.7. The van der Waals surface area contributed by atoms with Crippen LogP contribution in [0.15, 0.2) is 66.3 Å². The SMILES string of the molecule is O=C(Nc1cc(-n2cnnn2)ccc1F)c1sccc1-c1ccccc1. The zero-order valence-corrected chi connectivity index (χ0v) is 14.2. The van der Waals surface area contributed by atoms with Gasteiger partial charge in [0.25, 0.3) is 5.91 Å². The zero-order chi connectivity index (χ0) is 17.9. The first kappa shape index (κ1) is 16.1. The average Bonchev–Trinajstić information content (AvgIpc) is 3.36. The van der Waals surface area contributed by atoms with Crippen molar-refractivity contribution in [1.82, 2.24) is 20.2 Å². The molecule has 0 atom stereocenters. The van der Waals surface area contributed by atoms with E-state index in [2.05, 4.69) is 20.8 Å². The molecule has 0 unspecified atom stereocenters. The third kappa shape index (κ3) is 3.09. The van der Waals surface area contributed by atoms with Gasteiger partial charge in [0.2, 0.25) is 0 Å². The fourth-order valence-corrected chi connectivity index (χ4v) is 3.35. The highest BCUT2D eigenvalue weighted by atomic mass is 32.1. The number of carbonyl (C=O) groups is 1. The predicted octanol–water partition coefficient (Wildman–Crippen LogP) is 3.78. The lowest BCUT2D eigenvalue weighted by Gasteiger charge is -2.09. The summed E-state index contributed by atoms with van der Waals surface area (Å²) in [5.74, 6) is -0.903. The van der Waals surface area contributed by atoms with E-state index in [0.717, 1.165) is 11.1 Å². The molecule has 4 aromatic rings. The summed E-state index contributed by atoms with van der Waals surface area (Å²) in [7, 11) is 0. The van der Waals surface area contributed by atoms with Crippen molar-refractivity contribution in [3.8, 4) is 16.8 Å². The van der Waals surface area contributed by atoms with Crippen molar-refractivity contribution in [2.24, 2.45) is 0 Å². The van der Waals surface area contributed by atoms with Crippen LogP contribution in [0.4, 0.5) is 10.1 Å². The Bertz CT molecular complexity index is 1050. The van der Waals surface area contributed by atoms with Crippen molar-refractivity contribution in [3.05, 3.63) is 77.0 Å². The zero-order valence-electron chi connectivity index (χ0n) is 13.3. The van der Waals surface area contributed by atoms with Gasteiger partial charge in [0.15, 0.2) is 0 Å². The van der Waals surface area contributed by atoms with Crippen molar-refractivity contribution in [3.63, 3.8) is 0 Å². The van der Waals surface area contributed by atoms with E-state index in [1.165, 1.54) is 40.5 Å². The number of anilines is 1. The van der Waals surface area contributed by atoms with Crippen molar-refractivity contribution in [1.29, 1.82) is 0 Å². The standard InChI is InChI=1S/C18H12FN5OS/c19-15-7-6-13(24-11-20-22-23-24)10-16(15)21-18(25)17-14(8-9-26-17)12-4-2-1-3-5-12/h1-11H,(H,21,25). The first-order valence-corrected chi connectivity index (χ1v) is 8.57. The number of hydrogen-bond acceptors (Lipinski definition) is 5. The molecular weight excluding hydrogens is 353 g/mol. The molecule has 6 nitrogen and oxygen atoms in total. The fourth-order valence-electron chi connectivity index (χ4n) is 2.54. The molecule has 2 aromatic carbocycles. The van der Waals surface area contributed by atoms with Gasteiger partial charge in [0.05, 0.1) is 16.3 Å². The number of nitrogens with one attached hydrogen (secondary N) is 1. The Morgan fingerprint density at radius 3 is 2.73 bits per heavy atom. The summed E-state index contributed by atoms with van der Waals surface area (Å²) in [6.45, 7) is 0. The maximum Gasteiger partial charge on any atom is 0.266 e. The highest BCUT2D eigenvalue weighted by Gasteiger charge is 2.17. The molecule has 2 aromatic heterocycles. The Balaban J connectivity index is 1.64. The summed E-state index contributed by atoms with van der Waals surface area (Å²) in [4.78, 5) is 13.2. The Hall–Kier alpha value is -3.39. The second-order valence-corrected chi connectivity index (χ2v) is 6.32. The number of benzene rings is 2. The van der Waals surface area contributed by atoms with E-state index in [1.807, 2.05) is 41.8 Å². The van der Waals surface area contributed by atoms with Gasteiger partial charge in [-0.3, -0.25) is 4.79 Å². The predicted molar refractivity (Wildman–Crippen MR) is 96.8 cm³/mol. The van der Waals surface area contributed by atoms with Gasteiger partial charge in [-0.15, -0.1) is 16.4 Å². The Morgan fingerprint density at radius 2 is 1.96 bits per heavy atom. The Kier molecular flexibility index (Phi) is 4.24. The lowest BCUT2D eigenvalue weighted by Crippen LogP contribution is -2.13. The fraction of sp³-hybridized carbons (Fsp3) is 0. The summed E-state index contributed by atoms with van der Waals surface area (Å²) >= 11 is 1.31. The molecule has 0 aliphatic heterocycles. The quantitative estimate of drug-likeness (QED) is 0.597. The van der Waals surface area contributed by atoms with Gasteiger partial charge in [-0.05, 0) is 45.6 Å². The minimum atomic E-state index is -0.534. The van der Waals surface area contributed by atoms with Gasteiger partial charge in [-0.2, -0.15) is 0 Å². The number of rotatable bonds is 4. The van der Waals surface area contributed by atoms with Crippen LogP contribution in [0.1, 0.15) is 9.67 Å². The van der Waals surface area contributed by atoms with E-state index in [9.17, 15) is 9.18 Å². The van der Waals surface area contributed by atoms with Gasteiger partial charge in [0.1, 0.15) is 12.1 Å². The van der Waals surface area contributed by atoms with Gasteiger partial charge in [0, 0.05) is 5.56 Å². The number of amides is 1. The number of hydrogen-bond donors (Lipinski definition) is 1. The van der Waals surface area contributed by atoms with Crippen molar-refractivity contribution >= 4 is 22.9 Å². The van der Waals surface area contributed by atoms with Crippen molar-refractivity contribution < 1.29 is 9.18 Å². The van der Waals surface area contributed by atoms with Crippen LogP contribution < -0.4 is 5.32 Å². The minimum absolute atomic E-state index is 0.0652. The van der Waals surface area contributed by atoms with E-state index in [1.54, 1.807) is 0 Å². The average molecular weight is 365 g/mol. The molecule has 0 radical (unpaired) electrons. The Labute approximate surface area is 151 Å². The van der Waals surface area contributed by atoms with E-state index >= 15 is 0 Å². The van der Waals surface area contributed by atoms with Gasteiger partial charge < -0.3 is 5.32 Å². The third-order valence-corrected chi connectivity index (χ3v) is 4.68. The molecule has 1 N–H and O–H groups in total.